The molecule has 0 radical (unpaired) electrons. The van der Waals surface area contributed by atoms with Crippen molar-refractivity contribution in [3.05, 3.63) is 40.6 Å². The molecule has 3 aromatic heterocycles. The number of rotatable bonds is 2. The van der Waals surface area contributed by atoms with Crippen LogP contribution in [0.5, 0.6) is 0 Å². The molecule has 0 atom stereocenters. The third kappa shape index (κ3) is 2.27. The quantitative estimate of drug-likeness (QED) is 0.788. The van der Waals surface area contributed by atoms with Crippen molar-refractivity contribution in [2.24, 2.45) is 0 Å². The summed E-state index contributed by atoms with van der Waals surface area (Å²) in [6, 6.07) is 3.98. The second kappa shape index (κ2) is 5.49. The lowest BCUT2D eigenvalue weighted by atomic mass is 9.92. The van der Waals surface area contributed by atoms with Crippen molar-refractivity contribution in [3.63, 3.8) is 0 Å². The summed E-state index contributed by atoms with van der Waals surface area (Å²) < 4.78 is 0. The SMILES string of the molecule is O=C(c1cscn1)N1CCC(c2[nH]nc3ncccc23)CC1. The molecule has 0 saturated carbocycles. The van der Waals surface area contributed by atoms with Gasteiger partial charge in [0, 0.05) is 41.7 Å². The zero-order valence-electron chi connectivity index (χ0n) is 11.9. The number of hydrogen-bond acceptors (Lipinski definition) is 5. The molecule has 6 nitrogen and oxygen atoms in total. The van der Waals surface area contributed by atoms with Gasteiger partial charge in [-0.2, -0.15) is 5.10 Å². The molecule has 7 heteroatoms. The molecule has 112 valence electrons. The number of carbonyl (C=O) groups excluding carboxylic acids is 1. The van der Waals surface area contributed by atoms with Gasteiger partial charge in [0.15, 0.2) is 5.65 Å². The molecule has 1 aliphatic heterocycles. The minimum absolute atomic E-state index is 0.0378. The molecule has 1 aliphatic rings. The molecule has 4 rings (SSSR count). The molecular weight excluding hydrogens is 298 g/mol. The van der Waals surface area contributed by atoms with E-state index in [0.29, 0.717) is 11.6 Å². The number of aromatic nitrogens is 4. The van der Waals surface area contributed by atoms with Crippen molar-refractivity contribution in [2.45, 2.75) is 18.8 Å². The Kier molecular flexibility index (Phi) is 3.34. The highest BCUT2D eigenvalue weighted by atomic mass is 32.1. The number of piperidine rings is 1. The van der Waals surface area contributed by atoms with E-state index in [9.17, 15) is 4.79 Å². The highest BCUT2D eigenvalue weighted by Gasteiger charge is 2.27. The number of likely N-dealkylation sites (tertiary alicyclic amines) is 1. The summed E-state index contributed by atoms with van der Waals surface area (Å²) in [5.41, 5.74) is 4.16. The third-order valence-electron chi connectivity index (χ3n) is 4.20. The first-order valence-corrected chi connectivity index (χ1v) is 8.23. The van der Waals surface area contributed by atoms with Gasteiger partial charge in [-0.1, -0.05) is 0 Å². The van der Waals surface area contributed by atoms with Crippen LogP contribution >= 0.6 is 11.3 Å². The summed E-state index contributed by atoms with van der Waals surface area (Å²) in [6.45, 7) is 1.50. The number of pyridine rings is 1. The number of thiazole rings is 1. The Labute approximate surface area is 131 Å². The summed E-state index contributed by atoms with van der Waals surface area (Å²) in [6.07, 6.45) is 3.62. The van der Waals surface area contributed by atoms with Crippen LogP contribution in [0.1, 0.15) is 34.9 Å². The number of nitrogens with one attached hydrogen (secondary N) is 1. The number of aromatic amines is 1. The van der Waals surface area contributed by atoms with E-state index in [4.69, 9.17) is 0 Å². The van der Waals surface area contributed by atoms with Crippen LogP contribution in [0.2, 0.25) is 0 Å². The topological polar surface area (TPSA) is 74.8 Å². The van der Waals surface area contributed by atoms with Gasteiger partial charge in [-0.25, -0.2) is 9.97 Å². The fourth-order valence-electron chi connectivity index (χ4n) is 3.03. The van der Waals surface area contributed by atoms with E-state index in [2.05, 4.69) is 20.2 Å². The summed E-state index contributed by atoms with van der Waals surface area (Å²) in [7, 11) is 0. The number of amides is 1. The van der Waals surface area contributed by atoms with Crippen molar-refractivity contribution < 1.29 is 4.79 Å². The van der Waals surface area contributed by atoms with E-state index < -0.39 is 0 Å². The van der Waals surface area contributed by atoms with Gasteiger partial charge in [0.05, 0.1) is 5.51 Å². The van der Waals surface area contributed by atoms with Crippen molar-refractivity contribution in [3.8, 4) is 0 Å². The van der Waals surface area contributed by atoms with Gasteiger partial charge >= 0.3 is 0 Å². The predicted molar refractivity (Wildman–Crippen MR) is 83.9 cm³/mol. The maximum atomic E-state index is 12.3. The molecule has 0 bridgehead atoms. The lowest BCUT2D eigenvalue weighted by molar-refractivity contribution is 0.0707. The number of hydrogen-bond donors (Lipinski definition) is 1. The van der Waals surface area contributed by atoms with Crippen LogP contribution < -0.4 is 0 Å². The molecule has 1 fully saturated rings. The summed E-state index contributed by atoms with van der Waals surface area (Å²) >= 11 is 1.45. The van der Waals surface area contributed by atoms with E-state index in [1.54, 1.807) is 11.7 Å². The first kappa shape index (κ1) is 13.4. The number of nitrogens with zero attached hydrogens (tertiary/aromatic N) is 4. The number of H-pyrrole nitrogens is 1. The smallest absolute Gasteiger partial charge is 0.273 e. The van der Waals surface area contributed by atoms with E-state index in [1.807, 2.05) is 22.4 Å². The number of fused-ring (bicyclic) bond motifs is 1. The van der Waals surface area contributed by atoms with Gasteiger partial charge in [0.1, 0.15) is 5.69 Å². The first-order chi connectivity index (χ1) is 10.8. The average Bonchev–Trinajstić information content (AvgIpc) is 3.24. The lowest BCUT2D eigenvalue weighted by Gasteiger charge is -2.31. The van der Waals surface area contributed by atoms with Crippen molar-refractivity contribution in [1.29, 1.82) is 0 Å². The Balaban J connectivity index is 1.49. The second-order valence-electron chi connectivity index (χ2n) is 5.45. The molecule has 1 amide bonds. The van der Waals surface area contributed by atoms with Gasteiger partial charge < -0.3 is 4.90 Å². The average molecular weight is 313 g/mol. The third-order valence-corrected chi connectivity index (χ3v) is 4.79. The fourth-order valence-corrected chi connectivity index (χ4v) is 3.56. The van der Waals surface area contributed by atoms with Gasteiger partial charge in [-0.15, -0.1) is 11.3 Å². The summed E-state index contributed by atoms with van der Waals surface area (Å²) in [5, 5.41) is 10.3. The standard InChI is InChI=1S/C15H15N5OS/c21-15(12-8-22-9-17-12)20-6-3-10(4-7-20)13-11-2-1-5-16-14(11)19-18-13/h1-2,5,8-10H,3-4,6-7H2,(H,16,18,19). The Morgan fingerprint density at radius 3 is 2.95 bits per heavy atom. The van der Waals surface area contributed by atoms with Crippen LogP contribution in [0, 0.1) is 0 Å². The molecule has 0 spiro atoms. The molecule has 22 heavy (non-hydrogen) atoms. The zero-order valence-corrected chi connectivity index (χ0v) is 12.7. The summed E-state index contributed by atoms with van der Waals surface area (Å²) in [4.78, 5) is 22.6. The molecular formula is C15H15N5OS. The lowest BCUT2D eigenvalue weighted by Crippen LogP contribution is -2.38. The second-order valence-corrected chi connectivity index (χ2v) is 6.17. The molecule has 0 unspecified atom stereocenters. The van der Waals surface area contributed by atoms with Crippen LogP contribution in [0.25, 0.3) is 11.0 Å². The zero-order chi connectivity index (χ0) is 14.9. The fraction of sp³-hybridized carbons (Fsp3) is 0.333. The maximum absolute atomic E-state index is 12.3. The van der Waals surface area contributed by atoms with Crippen molar-refractivity contribution in [1.82, 2.24) is 25.1 Å². The Hall–Kier alpha value is -2.28. The van der Waals surface area contributed by atoms with Gasteiger partial charge in [0.25, 0.3) is 5.91 Å². The van der Waals surface area contributed by atoms with E-state index in [0.717, 1.165) is 42.7 Å². The van der Waals surface area contributed by atoms with E-state index in [-0.39, 0.29) is 5.91 Å². The molecule has 1 N–H and O–H groups in total. The monoisotopic (exact) mass is 313 g/mol. The van der Waals surface area contributed by atoms with E-state index >= 15 is 0 Å². The largest absolute Gasteiger partial charge is 0.337 e. The summed E-state index contributed by atoms with van der Waals surface area (Å²) in [5.74, 6) is 0.435. The van der Waals surface area contributed by atoms with E-state index in [1.165, 1.54) is 11.3 Å². The van der Waals surface area contributed by atoms with Crippen LogP contribution in [-0.4, -0.2) is 44.1 Å². The maximum Gasteiger partial charge on any atom is 0.273 e. The Morgan fingerprint density at radius 2 is 2.18 bits per heavy atom. The van der Waals surface area contributed by atoms with Crippen LogP contribution in [-0.2, 0) is 0 Å². The minimum Gasteiger partial charge on any atom is -0.337 e. The Bertz CT molecular complexity index is 789. The van der Waals surface area contributed by atoms with Gasteiger partial charge in [0.2, 0.25) is 0 Å². The van der Waals surface area contributed by atoms with Crippen molar-refractivity contribution in [2.75, 3.05) is 13.1 Å². The molecule has 4 heterocycles. The van der Waals surface area contributed by atoms with Crippen LogP contribution in [0.4, 0.5) is 0 Å². The molecule has 0 aliphatic carbocycles. The first-order valence-electron chi connectivity index (χ1n) is 7.29. The number of carbonyl (C=O) groups is 1. The molecule has 3 aromatic rings. The molecule has 0 aromatic carbocycles. The Morgan fingerprint density at radius 1 is 1.32 bits per heavy atom. The van der Waals surface area contributed by atoms with Crippen molar-refractivity contribution >= 4 is 28.3 Å². The van der Waals surface area contributed by atoms with Gasteiger partial charge in [-0.05, 0) is 25.0 Å². The molecule has 1 saturated heterocycles. The van der Waals surface area contributed by atoms with Crippen LogP contribution in [0.3, 0.4) is 0 Å². The normalized spacial score (nSPS) is 16.3. The predicted octanol–water partition coefficient (Wildman–Crippen LogP) is 2.43. The van der Waals surface area contributed by atoms with Crippen LogP contribution in [0.15, 0.2) is 29.2 Å². The van der Waals surface area contributed by atoms with Gasteiger partial charge in [-0.3, -0.25) is 9.89 Å². The minimum atomic E-state index is 0.0378. The highest BCUT2D eigenvalue weighted by molar-refractivity contribution is 7.07. The highest BCUT2D eigenvalue weighted by Crippen LogP contribution is 2.31.